The summed E-state index contributed by atoms with van der Waals surface area (Å²) >= 11 is 0. The lowest BCUT2D eigenvalue weighted by Gasteiger charge is -2.06. The molecule has 0 unspecified atom stereocenters. The van der Waals surface area contributed by atoms with Gasteiger partial charge in [0.2, 0.25) is 0 Å². The Kier molecular flexibility index (Phi) is 2.92. The van der Waals surface area contributed by atoms with E-state index in [1.54, 1.807) is 18.3 Å². The van der Waals surface area contributed by atoms with E-state index in [4.69, 9.17) is 5.73 Å². The van der Waals surface area contributed by atoms with Crippen LogP contribution in [-0.2, 0) is 13.5 Å². The Hall–Kier alpha value is -1.81. The number of hydrogen-bond donors (Lipinski definition) is 2. The van der Waals surface area contributed by atoms with Gasteiger partial charge in [-0.25, -0.2) is 4.98 Å². The van der Waals surface area contributed by atoms with E-state index in [1.165, 1.54) is 0 Å². The van der Waals surface area contributed by atoms with Gasteiger partial charge in [-0.3, -0.25) is 0 Å². The summed E-state index contributed by atoms with van der Waals surface area (Å²) in [6, 6.07) is 7.24. The first-order valence-corrected chi connectivity index (χ1v) is 5.23. The fraction of sp³-hybridized carbons (Fsp3) is 0.250. The zero-order valence-corrected chi connectivity index (χ0v) is 9.22. The Morgan fingerprint density at radius 3 is 2.81 bits per heavy atom. The van der Waals surface area contributed by atoms with Crippen molar-refractivity contribution in [2.75, 3.05) is 6.54 Å². The minimum absolute atomic E-state index is 0.268. The fourth-order valence-corrected chi connectivity index (χ4v) is 1.75. The smallest absolute Gasteiger partial charge is 0.124 e. The van der Waals surface area contributed by atoms with Crippen molar-refractivity contribution < 1.29 is 5.11 Å². The number of aromatic nitrogens is 2. The first-order valence-electron chi connectivity index (χ1n) is 5.23. The molecule has 0 fully saturated rings. The maximum absolute atomic E-state index is 9.76. The summed E-state index contributed by atoms with van der Waals surface area (Å²) in [5.74, 6) is 1.20. The quantitative estimate of drug-likeness (QED) is 0.814. The number of benzene rings is 1. The van der Waals surface area contributed by atoms with Crippen LogP contribution < -0.4 is 5.73 Å². The van der Waals surface area contributed by atoms with Gasteiger partial charge in [-0.2, -0.15) is 0 Å². The number of phenolic OH excluding ortho intramolecular Hbond substituents is 1. The third-order valence-electron chi connectivity index (χ3n) is 2.63. The predicted molar refractivity (Wildman–Crippen MR) is 63.1 cm³/mol. The molecule has 2 aromatic rings. The molecule has 0 amide bonds. The van der Waals surface area contributed by atoms with Gasteiger partial charge in [0.05, 0.1) is 11.9 Å². The van der Waals surface area contributed by atoms with Gasteiger partial charge in [0, 0.05) is 19.0 Å². The molecule has 16 heavy (non-hydrogen) atoms. The molecule has 0 bridgehead atoms. The SMILES string of the molecule is Cn1c(-c2ccccc2O)cnc1CCN. The number of imidazole rings is 1. The molecule has 0 saturated carbocycles. The first kappa shape index (κ1) is 10.7. The fourth-order valence-electron chi connectivity index (χ4n) is 1.75. The highest BCUT2D eigenvalue weighted by Crippen LogP contribution is 2.28. The molecule has 0 spiro atoms. The van der Waals surface area contributed by atoms with Crippen LogP contribution in [0.25, 0.3) is 11.3 Å². The van der Waals surface area contributed by atoms with Crippen molar-refractivity contribution in [2.24, 2.45) is 12.8 Å². The van der Waals surface area contributed by atoms with E-state index in [1.807, 2.05) is 23.7 Å². The zero-order chi connectivity index (χ0) is 11.5. The molecule has 1 aromatic heterocycles. The third kappa shape index (κ3) is 1.79. The van der Waals surface area contributed by atoms with Crippen molar-refractivity contribution in [3.63, 3.8) is 0 Å². The molecule has 0 saturated heterocycles. The number of nitrogens with two attached hydrogens (primary N) is 1. The van der Waals surface area contributed by atoms with E-state index in [-0.39, 0.29) is 5.75 Å². The predicted octanol–water partition coefficient (Wildman–Crippen LogP) is 1.29. The maximum atomic E-state index is 9.76. The third-order valence-corrected chi connectivity index (χ3v) is 2.63. The number of rotatable bonds is 3. The molecule has 0 aliphatic rings. The summed E-state index contributed by atoms with van der Waals surface area (Å²) in [5, 5.41) is 9.76. The van der Waals surface area contributed by atoms with Crippen LogP contribution in [0.1, 0.15) is 5.82 Å². The first-order chi connectivity index (χ1) is 7.74. The van der Waals surface area contributed by atoms with Gasteiger partial charge in [0.1, 0.15) is 11.6 Å². The average Bonchev–Trinajstić information content (AvgIpc) is 2.62. The van der Waals surface area contributed by atoms with Crippen molar-refractivity contribution in [3.8, 4) is 17.0 Å². The Bertz CT molecular complexity index is 491. The van der Waals surface area contributed by atoms with Crippen molar-refractivity contribution in [3.05, 3.63) is 36.3 Å². The van der Waals surface area contributed by atoms with E-state index in [0.717, 1.165) is 23.5 Å². The van der Waals surface area contributed by atoms with Crippen molar-refractivity contribution in [2.45, 2.75) is 6.42 Å². The summed E-state index contributed by atoms with van der Waals surface area (Å²) in [5.41, 5.74) is 7.20. The van der Waals surface area contributed by atoms with Crippen LogP contribution >= 0.6 is 0 Å². The molecule has 3 N–H and O–H groups in total. The Morgan fingerprint density at radius 1 is 1.38 bits per heavy atom. The van der Waals surface area contributed by atoms with Crippen LogP contribution in [0.15, 0.2) is 30.5 Å². The normalized spacial score (nSPS) is 10.6. The van der Waals surface area contributed by atoms with Crippen molar-refractivity contribution >= 4 is 0 Å². The number of phenols is 1. The summed E-state index contributed by atoms with van der Waals surface area (Å²) in [7, 11) is 1.93. The second-order valence-corrected chi connectivity index (χ2v) is 3.67. The van der Waals surface area contributed by atoms with Crippen molar-refractivity contribution in [1.82, 2.24) is 9.55 Å². The largest absolute Gasteiger partial charge is 0.507 e. The lowest BCUT2D eigenvalue weighted by Crippen LogP contribution is -2.08. The van der Waals surface area contributed by atoms with E-state index in [2.05, 4.69) is 4.98 Å². The van der Waals surface area contributed by atoms with Gasteiger partial charge in [-0.05, 0) is 18.7 Å². The molecule has 0 aliphatic carbocycles. The van der Waals surface area contributed by atoms with E-state index < -0.39 is 0 Å². The number of hydrogen-bond acceptors (Lipinski definition) is 3. The summed E-state index contributed by atoms with van der Waals surface area (Å²) < 4.78 is 1.96. The van der Waals surface area contributed by atoms with Crippen LogP contribution in [0, 0.1) is 0 Å². The minimum atomic E-state index is 0.268. The van der Waals surface area contributed by atoms with Gasteiger partial charge < -0.3 is 15.4 Å². The summed E-state index contributed by atoms with van der Waals surface area (Å²) in [4.78, 5) is 4.29. The lowest BCUT2D eigenvalue weighted by molar-refractivity contribution is 0.477. The highest BCUT2D eigenvalue weighted by molar-refractivity contribution is 5.66. The molecule has 0 atom stereocenters. The number of nitrogens with zero attached hydrogens (tertiary/aromatic N) is 2. The second kappa shape index (κ2) is 4.37. The van der Waals surface area contributed by atoms with Gasteiger partial charge in [0.25, 0.3) is 0 Å². The van der Waals surface area contributed by atoms with Crippen LogP contribution in [0.5, 0.6) is 5.75 Å². The Morgan fingerprint density at radius 2 is 2.12 bits per heavy atom. The van der Waals surface area contributed by atoms with Crippen molar-refractivity contribution in [1.29, 1.82) is 0 Å². The number of para-hydroxylation sites is 1. The van der Waals surface area contributed by atoms with Crippen LogP contribution in [-0.4, -0.2) is 21.2 Å². The zero-order valence-electron chi connectivity index (χ0n) is 9.22. The highest BCUT2D eigenvalue weighted by Gasteiger charge is 2.10. The molecule has 0 radical (unpaired) electrons. The Balaban J connectivity index is 2.45. The molecule has 2 rings (SSSR count). The highest BCUT2D eigenvalue weighted by atomic mass is 16.3. The summed E-state index contributed by atoms with van der Waals surface area (Å²) in [6.07, 6.45) is 2.50. The molecular formula is C12H15N3O. The van der Waals surface area contributed by atoms with E-state index in [9.17, 15) is 5.11 Å². The molecule has 4 nitrogen and oxygen atoms in total. The maximum Gasteiger partial charge on any atom is 0.124 e. The van der Waals surface area contributed by atoms with Crippen LogP contribution in [0.3, 0.4) is 0 Å². The summed E-state index contributed by atoms with van der Waals surface area (Å²) in [6.45, 7) is 0.574. The topological polar surface area (TPSA) is 64.1 Å². The van der Waals surface area contributed by atoms with Gasteiger partial charge in [-0.15, -0.1) is 0 Å². The van der Waals surface area contributed by atoms with E-state index >= 15 is 0 Å². The average molecular weight is 217 g/mol. The monoisotopic (exact) mass is 217 g/mol. The second-order valence-electron chi connectivity index (χ2n) is 3.67. The molecule has 0 aliphatic heterocycles. The van der Waals surface area contributed by atoms with Gasteiger partial charge in [-0.1, -0.05) is 12.1 Å². The lowest BCUT2D eigenvalue weighted by atomic mass is 10.1. The van der Waals surface area contributed by atoms with Gasteiger partial charge in [0.15, 0.2) is 0 Å². The Labute approximate surface area is 94.4 Å². The molecule has 4 heteroatoms. The van der Waals surface area contributed by atoms with Crippen LogP contribution in [0.2, 0.25) is 0 Å². The molecule has 84 valence electrons. The standard InChI is InChI=1S/C12H15N3O/c1-15-10(8-14-12(15)6-7-13)9-4-2-3-5-11(9)16/h2-5,8,16H,6-7,13H2,1H3. The molecule has 1 heterocycles. The number of aromatic hydroxyl groups is 1. The van der Waals surface area contributed by atoms with Gasteiger partial charge >= 0.3 is 0 Å². The molecular weight excluding hydrogens is 202 g/mol. The van der Waals surface area contributed by atoms with Crippen LogP contribution in [0.4, 0.5) is 0 Å². The minimum Gasteiger partial charge on any atom is -0.507 e. The van der Waals surface area contributed by atoms with E-state index in [0.29, 0.717) is 6.54 Å². The molecule has 1 aromatic carbocycles.